The van der Waals surface area contributed by atoms with Crippen LogP contribution < -0.4 is 5.32 Å². The van der Waals surface area contributed by atoms with Crippen LogP contribution in [-0.4, -0.2) is 10.2 Å². The van der Waals surface area contributed by atoms with Crippen LogP contribution in [0.25, 0.3) is 0 Å². The molecule has 0 spiro atoms. The van der Waals surface area contributed by atoms with E-state index in [2.05, 4.69) is 38.2 Å². The second kappa shape index (κ2) is 4.75. The van der Waals surface area contributed by atoms with Gasteiger partial charge in [0.15, 0.2) is 0 Å². The van der Waals surface area contributed by atoms with Crippen LogP contribution in [0.4, 0.5) is 0 Å². The molecule has 1 aliphatic carbocycles. The molecular weight excluding hydrogens is 269 g/mol. The van der Waals surface area contributed by atoms with Crippen LogP contribution in [0.5, 0.6) is 0 Å². The van der Waals surface area contributed by atoms with Crippen molar-refractivity contribution in [3.63, 3.8) is 0 Å². The first-order valence-electron chi connectivity index (χ1n) is 6.03. The average molecular weight is 286 g/mol. The first-order chi connectivity index (χ1) is 8.31. The maximum Gasteiger partial charge on any atom is 0.226 e. The Labute approximate surface area is 118 Å². The third-order valence-corrected chi connectivity index (χ3v) is 4.26. The van der Waals surface area contributed by atoms with Gasteiger partial charge in [0, 0.05) is 6.54 Å². The maximum atomic E-state index is 11.8. The number of hydrogen-bond donors (Lipinski definition) is 1. The molecule has 1 aromatic rings. The Morgan fingerprint density at radius 3 is 2.28 bits per heavy atom. The van der Waals surface area contributed by atoms with E-state index in [1.807, 2.05) is 0 Å². The lowest BCUT2D eigenvalue weighted by molar-refractivity contribution is -0.122. The molecule has 4 heteroatoms. The number of alkyl halides is 2. The fourth-order valence-electron chi connectivity index (χ4n) is 2.29. The molecule has 2 nitrogen and oxygen atoms in total. The summed E-state index contributed by atoms with van der Waals surface area (Å²) in [7, 11) is 0. The van der Waals surface area contributed by atoms with Gasteiger partial charge in [-0.05, 0) is 43.9 Å². The third kappa shape index (κ3) is 2.81. The van der Waals surface area contributed by atoms with Gasteiger partial charge in [-0.25, -0.2) is 0 Å². The second-order valence-corrected chi connectivity index (χ2v) is 6.66. The van der Waals surface area contributed by atoms with Gasteiger partial charge in [0.1, 0.15) is 4.33 Å². The van der Waals surface area contributed by atoms with E-state index in [1.165, 1.54) is 22.3 Å². The van der Waals surface area contributed by atoms with E-state index in [4.69, 9.17) is 23.2 Å². The minimum atomic E-state index is -0.846. The zero-order chi connectivity index (χ0) is 13.5. The SMILES string of the molecule is Cc1cc(C)c(CNC(=O)C2CC2(Cl)Cl)c(C)c1. The van der Waals surface area contributed by atoms with Gasteiger partial charge in [-0.3, -0.25) is 4.79 Å². The summed E-state index contributed by atoms with van der Waals surface area (Å²) in [5.74, 6) is -0.314. The van der Waals surface area contributed by atoms with Crippen LogP contribution in [0.2, 0.25) is 0 Å². The molecule has 1 atom stereocenters. The lowest BCUT2D eigenvalue weighted by Gasteiger charge is -2.12. The summed E-state index contributed by atoms with van der Waals surface area (Å²) in [6.07, 6.45) is 0.549. The van der Waals surface area contributed by atoms with E-state index in [-0.39, 0.29) is 11.8 Å². The summed E-state index contributed by atoms with van der Waals surface area (Å²) >= 11 is 11.7. The Balaban J connectivity index is 2.01. The van der Waals surface area contributed by atoms with Crippen molar-refractivity contribution in [1.29, 1.82) is 0 Å². The fraction of sp³-hybridized carbons (Fsp3) is 0.500. The van der Waals surface area contributed by atoms with Gasteiger partial charge in [0.25, 0.3) is 0 Å². The van der Waals surface area contributed by atoms with Crippen molar-refractivity contribution in [3.05, 3.63) is 34.4 Å². The highest BCUT2D eigenvalue weighted by Crippen LogP contribution is 2.53. The number of nitrogens with one attached hydrogen (secondary N) is 1. The first kappa shape index (κ1) is 13.7. The molecule has 0 radical (unpaired) electrons. The number of carbonyl (C=O) groups excluding carboxylic acids is 1. The predicted molar refractivity (Wildman–Crippen MR) is 75.0 cm³/mol. The minimum Gasteiger partial charge on any atom is -0.352 e. The fourth-order valence-corrected chi connectivity index (χ4v) is 2.79. The molecule has 1 amide bonds. The molecule has 0 heterocycles. The molecule has 0 aromatic heterocycles. The Hall–Kier alpha value is -0.730. The monoisotopic (exact) mass is 285 g/mol. The van der Waals surface area contributed by atoms with E-state index in [0.717, 1.165) is 0 Å². The number of aryl methyl sites for hydroxylation is 3. The molecule has 1 aliphatic rings. The van der Waals surface area contributed by atoms with Crippen LogP contribution in [0.1, 0.15) is 28.7 Å². The highest BCUT2D eigenvalue weighted by molar-refractivity contribution is 6.52. The molecule has 2 rings (SSSR count). The summed E-state index contributed by atoms with van der Waals surface area (Å²) < 4.78 is -0.846. The molecule has 1 saturated carbocycles. The van der Waals surface area contributed by atoms with Crippen molar-refractivity contribution < 1.29 is 4.79 Å². The van der Waals surface area contributed by atoms with Crippen molar-refractivity contribution in [2.75, 3.05) is 0 Å². The van der Waals surface area contributed by atoms with Crippen LogP contribution in [0.3, 0.4) is 0 Å². The maximum absolute atomic E-state index is 11.8. The van der Waals surface area contributed by atoms with Gasteiger partial charge >= 0.3 is 0 Å². The van der Waals surface area contributed by atoms with E-state index >= 15 is 0 Å². The molecule has 0 aliphatic heterocycles. The Kier molecular flexibility index (Phi) is 3.61. The molecule has 0 bridgehead atoms. The standard InChI is InChI=1S/C14H17Cl2NO/c1-8-4-9(2)11(10(3)5-8)7-17-13(18)12-6-14(12,15)16/h4-5,12H,6-7H2,1-3H3,(H,17,18). The quantitative estimate of drug-likeness (QED) is 0.847. The van der Waals surface area contributed by atoms with E-state index < -0.39 is 4.33 Å². The van der Waals surface area contributed by atoms with Crippen LogP contribution in [0.15, 0.2) is 12.1 Å². The zero-order valence-electron chi connectivity index (χ0n) is 10.8. The number of rotatable bonds is 3. The van der Waals surface area contributed by atoms with Crippen molar-refractivity contribution >= 4 is 29.1 Å². The van der Waals surface area contributed by atoms with Crippen molar-refractivity contribution in [3.8, 4) is 0 Å². The van der Waals surface area contributed by atoms with Crippen LogP contribution in [0, 0.1) is 26.7 Å². The number of halogens is 2. The molecule has 1 unspecified atom stereocenters. The van der Waals surface area contributed by atoms with Crippen molar-refractivity contribution in [2.45, 2.75) is 38.1 Å². The number of amides is 1. The van der Waals surface area contributed by atoms with Crippen molar-refractivity contribution in [2.24, 2.45) is 5.92 Å². The molecular formula is C14H17Cl2NO. The topological polar surface area (TPSA) is 29.1 Å². The van der Waals surface area contributed by atoms with E-state index in [0.29, 0.717) is 13.0 Å². The summed E-state index contributed by atoms with van der Waals surface area (Å²) in [5.41, 5.74) is 4.81. The highest BCUT2D eigenvalue weighted by Gasteiger charge is 2.56. The van der Waals surface area contributed by atoms with Gasteiger partial charge in [0.05, 0.1) is 5.92 Å². The van der Waals surface area contributed by atoms with Crippen LogP contribution in [-0.2, 0) is 11.3 Å². The molecule has 1 N–H and O–H groups in total. The molecule has 0 saturated heterocycles. The van der Waals surface area contributed by atoms with Crippen molar-refractivity contribution in [1.82, 2.24) is 5.32 Å². The van der Waals surface area contributed by atoms with Gasteiger partial charge in [-0.1, -0.05) is 17.7 Å². The van der Waals surface area contributed by atoms with E-state index in [9.17, 15) is 4.79 Å². The lowest BCUT2D eigenvalue weighted by atomic mass is 10.00. The van der Waals surface area contributed by atoms with E-state index in [1.54, 1.807) is 0 Å². The summed E-state index contributed by atoms with van der Waals surface area (Å²) in [4.78, 5) is 11.8. The summed E-state index contributed by atoms with van der Waals surface area (Å²) in [5, 5.41) is 2.91. The zero-order valence-corrected chi connectivity index (χ0v) is 12.3. The smallest absolute Gasteiger partial charge is 0.226 e. The minimum absolute atomic E-state index is 0.0561. The molecule has 1 aromatic carbocycles. The molecule has 1 fully saturated rings. The predicted octanol–water partition coefficient (Wildman–Crippen LogP) is 3.42. The average Bonchev–Trinajstić information content (AvgIpc) is 2.86. The Bertz CT molecular complexity index is 474. The van der Waals surface area contributed by atoms with Gasteiger partial charge in [-0.2, -0.15) is 0 Å². The number of benzene rings is 1. The normalized spacial score (nSPS) is 20.6. The third-order valence-electron chi connectivity index (χ3n) is 3.42. The lowest BCUT2D eigenvalue weighted by Crippen LogP contribution is -2.27. The second-order valence-electron chi connectivity index (χ2n) is 5.11. The Morgan fingerprint density at radius 2 is 1.83 bits per heavy atom. The Morgan fingerprint density at radius 1 is 1.33 bits per heavy atom. The van der Waals surface area contributed by atoms with Crippen LogP contribution >= 0.6 is 23.2 Å². The van der Waals surface area contributed by atoms with Gasteiger partial charge in [-0.15, -0.1) is 23.2 Å². The van der Waals surface area contributed by atoms with Gasteiger partial charge < -0.3 is 5.32 Å². The summed E-state index contributed by atoms with van der Waals surface area (Å²) in [6.45, 7) is 6.73. The molecule has 18 heavy (non-hydrogen) atoms. The summed E-state index contributed by atoms with van der Waals surface area (Å²) in [6, 6.07) is 4.25. The molecule has 98 valence electrons. The number of carbonyl (C=O) groups is 1. The highest BCUT2D eigenvalue weighted by atomic mass is 35.5. The number of hydrogen-bond acceptors (Lipinski definition) is 1. The largest absolute Gasteiger partial charge is 0.352 e. The first-order valence-corrected chi connectivity index (χ1v) is 6.79. The van der Waals surface area contributed by atoms with Gasteiger partial charge in [0.2, 0.25) is 5.91 Å².